The normalized spacial score (nSPS) is 24.7. The van der Waals surface area contributed by atoms with Gasteiger partial charge >= 0.3 is 0 Å². The van der Waals surface area contributed by atoms with Crippen molar-refractivity contribution in [3.05, 3.63) is 36.2 Å². The molecule has 3 aliphatic rings. The number of ether oxygens (including phenoxy) is 3. The lowest BCUT2D eigenvalue weighted by Crippen LogP contribution is -2.38. The van der Waals surface area contributed by atoms with Crippen LogP contribution in [-0.2, 0) is 20.6 Å². The van der Waals surface area contributed by atoms with Gasteiger partial charge in [-0.1, -0.05) is 13.0 Å². The molecular formula is C22H30N6O3. The highest BCUT2D eigenvalue weighted by Crippen LogP contribution is 2.27. The molecule has 0 aromatic carbocycles. The van der Waals surface area contributed by atoms with Crippen molar-refractivity contribution in [3.63, 3.8) is 0 Å². The Labute approximate surface area is 182 Å². The topological polar surface area (TPSA) is 84.9 Å². The van der Waals surface area contributed by atoms with E-state index < -0.39 is 0 Å². The van der Waals surface area contributed by atoms with Gasteiger partial charge in [0.2, 0.25) is 5.95 Å². The molecule has 1 N–H and O–H groups in total. The van der Waals surface area contributed by atoms with Crippen molar-refractivity contribution in [2.75, 3.05) is 67.7 Å². The van der Waals surface area contributed by atoms with Crippen molar-refractivity contribution < 1.29 is 14.2 Å². The zero-order valence-corrected chi connectivity index (χ0v) is 17.9. The number of aryl methyl sites for hydroxylation is 1. The summed E-state index contributed by atoms with van der Waals surface area (Å²) in [5, 5.41) is 3.40. The molecule has 0 bridgehead atoms. The fourth-order valence-corrected chi connectivity index (χ4v) is 4.24. The van der Waals surface area contributed by atoms with Crippen LogP contribution < -0.4 is 15.1 Å². The first kappa shape index (κ1) is 20.4. The summed E-state index contributed by atoms with van der Waals surface area (Å²) < 4.78 is 18.0. The Bertz CT molecular complexity index is 848. The molecular weight excluding hydrogens is 396 g/mol. The van der Waals surface area contributed by atoms with Gasteiger partial charge in [0.15, 0.2) is 0 Å². The molecule has 0 spiro atoms. The van der Waals surface area contributed by atoms with Gasteiger partial charge < -0.3 is 29.3 Å². The molecule has 2 aromatic heterocycles. The van der Waals surface area contributed by atoms with Crippen molar-refractivity contribution in [1.82, 2.24) is 15.0 Å². The Hall–Kier alpha value is -2.49. The number of rotatable bonds is 5. The Balaban J connectivity index is 1.25. The lowest BCUT2D eigenvalue weighted by Gasteiger charge is -2.28. The van der Waals surface area contributed by atoms with Gasteiger partial charge in [0.05, 0.1) is 32.5 Å². The van der Waals surface area contributed by atoms with Gasteiger partial charge in [-0.3, -0.25) is 0 Å². The molecule has 2 aromatic rings. The number of pyridine rings is 1. The molecule has 3 fully saturated rings. The second kappa shape index (κ2) is 9.33. The van der Waals surface area contributed by atoms with Crippen molar-refractivity contribution >= 4 is 17.6 Å². The van der Waals surface area contributed by atoms with Crippen LogP contribution in [0.3, 0.4) is 0 Å². The van der Waals surface area contributed by atoms with Crippen LogP contribution in [0.4, 0.5) is 17.6 Å². The summed E-state index contributed by atoms with van der Waals surface area (Å²) in [5.41, 5.74) is 1.06. The van der Waals surface area contributed by atoms with E-state index in [1.807, 2.05) is 18.2 Å². The molecule has 31 heavy (non-hydrogen) atoms. The lowest BCUT2D eigenvalue weighted by molar-refractivity contribution is -0.00461. The van der Waals surface area contributed by atoms with Gasteiger partial charge in [-0.25, -0.2) is 9.97 Å². The zero-order valence-electron chi connectivity index (χ0n) is 17.9. The SMILES string of the molecule is CCc1cc(N2C[C@@H]3OCC(Nc4ccccn4)CO[C@H]3C2)nc(N2CCOCC2)n1. The Kier molecular flexibility index (Phi) is 6.15. The molecule has 3 saturated heterocycles. The highest BCUT2D eigenvalue weighted by Gasteiger charge is 2.38. The fourth-order valence-electron chi connectivity index (χ4n) is 4.24. The third-order valence-electron chi connectivity index (χ3n) is 5.99. The number of nitrogens with zero attached hydrogens (tertiary/aromatic N) is 5. The summed E-state index contributed by atoms with van der Waals surface area (Å²) in [6.45, 7) is 7.95. The predicted molar refractivity (Wildman–Crippen MR) is 118 cm³/mol. The van der Waals surface area contributed by atoms with Crippen molar-refractivity contribution in [2.45, 2.75) is 31.6 Å². The summed E-state index contributed by atoms with van der Waals surface area (Å²) in [6.07, 6.45) is 2.72. The standard InChI is InChI=1S/C22H30N6O3/c1-2-16-11-21(26-22(25-16)27-7-9-29-10-8-27)28-12-18-19(13-28)31-15-17(14-30-18)24-20-5-3-4-6-23-20/h3-6,11,17-19H,2,7-10,12-15H2,1H3,(H,23,24)/t18-,19-/m0/s1. The van der Waals surface area contributed by atoms with Crippen LogP contribution >= 0.6 is 0 Å². The first-order valence-corrected chi connectivity index (χ1v) is 11.1. The third-order valence-corrected chi connectivity index (χ3v) is 5.99. The van der Waals surface area contributed by atoms with Crippen LogP contribution in [0.2, 0.25) is 0 Å². The molecule has 9 heteroatoms. The van der Waals surface area contributed by atoms with Crippen LogP contribution in [-0.4, -0.2) is 85.8 Å². The van der Waals surface area contributed by atoms with E-state index in [-0.39, 0.29) is 18.2 Å². The van der Waals surface area contributed by atoms with Crippen LogP contribution in [0, 0.1) is 0 Å². The molecule has 9 nitrogen and oxygen atoms in total. The maximum atomic E-state index is 6.24. The number of aromatic nitrogens is 3. The van der Waals surface area contributed by atoms with E-state index in [1.54, 1.807) is 6.20 Å². The molecule has 0 saturated carbocycles. The third kappa shape index (κ3) is 4.73. The van der Waals surface area contributed by atoms with Crippen LogP contribution in [0.5, 0.6) is 0 Å². The first-order valence-electron chi connectivity index (χ1n) is 11.1. The summed E-state index contributed by atoms with van der Waals surface area (Å²) in [6, 6.07) is 8.03. The van der Waals surface area contributed by atoms with E-state index >= 15 is 0 Å². The minimum atomic E-state index is 0.0300. The van der Waals surface area contributed by atoms with E-state index in [9.17, 15) is 0 Å². The quantitative estimate of drug-likeness (QED) is 0.762. The van der Waals surface area contributed by atoms with Gasteiger partial charge in [-0.05, 0) is 18.6 Å². The molecule has 0 amide bonds. The Morgan fingerprint density at radius 1 is 1.03 bits per heavy atom. The molecule has 0 radical (unpaired) electrons. The zero-order chi connectivity index (χ0) is 21.0. The second-order valence-corrected chi connectivity index (χ2v) is 8.18. The van der Waals surface area contributed by atoms with Gasteiger partial charge in [-0.15, -0.1) is 0 Å². The van der Waals surface area contributed by atoms with E-state index in [1.165, 1.54) is 0 Å². The van der Waals surface area contributed by atoms with Crippen LogP contribution in [0.25, 0.3) is 0 Å². The first-order chi connectivity index (χ1) is 15.3. The van der Waals surface area contributed by atoms with Crippen molar-refractivity contribution in [1.29, 1.82) is 0 Å². The number of fused-ring (bicyclic) bond motifs is 1. The van der Waals surface area contributed by atoms with E-state index in [0.717, 1.165) is 69.1 Å². The van der Waals surface area contributed by atoms with Crippen LogP contribution in [0.15, 0.2) is 30.5 Å². The van der Waals surface area contributed by atoms with Gasteiger partial charge in [0.1, 0.15) is 23.8 Å². The van der Waals surface area contributed by atoms with Gasteiger partial charge in [0.25, 0.3) is 0 Å². The number of morpholine rings is 1. The Morgan fingerprint density at radius 3 is 2.48 bits per heavy atom. The number of anilines is 3. The summed E-state index contributed by atoms with van der Waals surface area (Å²) in [5.74, 6) is 2.60. The largest absolute Gasteiger partial charge is 0.378 e. The lowest BCUT2D eigenvalue weighted by atomic mass is 10.3. The maximum absolute atomic E-state index is 6.24. The van der Waals surface area contributed by atoms with E-state index in [4.69, 9.17) is 24.2 Å². The van der Waals surface area contributed by atoms with E-state index in [2.05, 4.69) is 33.1 Å². The van der Waals surface area contributed by atoms with Crippen molar-refractivity contribution in [3.8, 4) is 0 Å². The van der Waals surface area contributed by atoms with Gasteiger partial charge in [-0.2, -0.15) is 4.98 Å². The Morgan fingerprint density at radius 2 is 1.81 bits per heavy atom. The highest BCUT2D eigenvalue weighted by molar-refractivity contribution is 5.48. The molecule has 166 valence electrons. The minimum absolute atomic E-state index is 0.0300. The molecule has 5 heterocycles. The summed E-state index contributed by atoms with van der Waals surface area (Å²) >= 11 is 0. The summed E-state index contributed by atoms with van der Waals surface area (Å²) in [4.78, 5) is 18.5. The average Bonchev–Trinajstić information content (AvgIpc) is 3.16. The number of nitrogens with one attached hydrogen (secondary N) is 1. The maximum Gasteiger partial charge on any atom is 0.227 e. The molecule has 5 rings (SSSR count). The molecule has 3 aliphatic heterocycles. The minimum Gasteiger partial charge on any atom is -0.378 e. The average molecular weight is 427 g/mol. The number of hydrogen-bond donors (Lipinski definition) is 1. The monoisotopic (exact) mass is 426 g/mol. The second-order valence-electron chi connectivity index (χ2n) is 8.18. The predicted octanol–water partition coefficient (Wildman–Crippen LogP) is 1.36. The molecule has 0 unspecified atom stereocenters. The number of hydrogen-bond acceptors (Lipinski definition) is 9. The molecule has 2 atom stereocenters. The molecule has 0 aliphatic carbocycles. The fraction of sp³-hybridized carbons (Fsp3) is 0.591. The smallest absolute Gasteiger partial charge is 0.227 e. The van der Waals surface area contributed by atoms with Crippen molar-refractivity contribution in [2.24, 2.45) is 0 Å². The van der Waals surface area contributed by atoms with E-state index in [0.29, 0.717) is 13.2 Å². The summed E-state index contributed by atoms with van der Waals surface area (Å²) in [7, 11) is 0. The van der Waals surface area contributed by atoms with Crippen LogP contribution in [0.1, 0.15) is 12.6 Å². The highest BCUT2D eigenvalue weighted by atomic mass is 16.6. The van der Waals surface area contributed by atoms with Gasteiger partial charge in [0, 0.05) is 44.1 Å².